The molecule has 0 spiro atoms. The third kappa shape index (κ3) is 6.32. The molecule has 1 aromatic carbocycles. The van der Waals surface area contributed by atoms with Crippen molar-refractivity contribution in [2.75, 3.05) is 18.5 Å². The number of anilines is 1. The lowest BCUT2D eigenvalue weighted by molar-refractivity contribution is -0.131. The summed E-state index contributed by atoms with van der Waals surface area (Å²) in [5.74, 6) is 0.493. The number of rotatable bonds is 10. The van der Waals surface area contributed by atoms with Crippen molar-refractivity contribution in [1.82, 2.24) is 10.6 Å². The van der Waals surface area contributed by atoms with Gasteiger partial charge in [0.1, 0.15) is 6.04 Å². The number of carbonyl (C=O) groups excluding carboxylic acids is 2. The van der Waals surface area contributed by atoms with E-state index in [1.807, 2.05) is 43.3 Å². The number of carbonyl (C=O) groups is 2. The maximum atomic E-state index is 13.8. The summed E-state index contributed by atoms with van der Waals surface area (Å²) in [6.45, 7) is 9.35. The molecule has 1 heterocycles. The van der Waals surface area contributed by atoms with Crippen LogP contribution in [0, 0.1) is 5.92 Å². The second-order valence-electron chi connectivity index (χ2n) is 10.4. The molecule has 2 N–H and O–H groups in total. The largest absolute Gasteiger partial charge is 0.339 e. The molecule has 5 nitrogen and oxygen atoms in total. The molecular weight excluding hydrogens is 434 g/mol. The highest BCUT2D eigenvalue weighted by Crippen LogP contribution is 2.36. The van der Waals surface area contributed by atoms with Crippen LogP contribution < -0.4 is 15.5 Å². The van der Waals surface area contributed by atoms with Gasteiger partial charge in [0.15, 0.2) is 0 Å². The first-order chi connectivity index (χ1) is 16.8. The molecule has 2 aliphatic rings. The number of benzene rings is 1. The quantitative estimate of drug-likeness (QED) is 0.332. The fourth-order valence-corrected chi connectivity index (χ4v) is 5.19. The minimum absolute atomic E-state index is 0.0502. The lowest BCUT2D eigenvalue weighted by Crippen LogP contribution is -2.59. The molecule has 5 heteroatoms. The van der Waals surface area contributed by atoms with Crippen molar-refractivity contribution in [1.29, 1.82) is 0 Å². The van der Waals surface area contributed by atoms with Gasteiger partial charge in [0.05, 0.1) is 11.2 Å². The molecule has 1 aliphatic carbocycles. The normalized spacial score (nSPS) is 20.2. The zero-order chi connectivity index (χ0) is 25.4. The Kier molecular flexibility index (Phi) is 9.50. The number of hydrogen-bond donors (Lipinski definition) is 2. The smallest absolute Gasteiger partial charge is 0.253 e. The van der Waals surface area contributed by atoms with Crippen molar-refractivity contribution < 1.29 is 9.59 Å². The van der Waals surface area contributed by atoms with Crippen LogP contribution in [0.3, 0.4) is 0 Å². The fourth-order valence-electron chi connectivity index (χ4n) is 5.19. The predicted octanol–water partition coefficient (Wildman–Crippen LogP) is 5.78. The third-order valence-electron chi connectivity index (χ3n) is 7.33. The Balaban J connectivity index is 1.91. The molecule has 0 aromatic heterocycles. The number of amides is 2. The molecule has 1 aliphatic heterocycles. The minimum atomic E-state index is -0.704. The molecule has 0 bridgehead atoms. The number of fused-ring (bicyclic) bond motifs is 1. The van der Waals surface area contributed by atoms with Gasteiger partial charge in [0, 0.05) is 12.6 Å². The summed E-state index contributed by atoms with van der Waals surface area (Å²) in [6, 6.07) is 7.25. The van der Waals surface area contributed by atoms with Gasteiger partial charge in [0.2, 0.25) is 5.91 Å². The number of likely N-dealkylation sites (N-methyl/N-ethyl adjacent to an activating group) is 1. The molecule has 1 fully saturated rings. The highest BCUT2D eigenvalue weighted by Gasteiger charge is 2.43. The van der Waals surface area contributed by atoms with Gasteiger partial charge in [-0.15, -0.1) is 0 Å². The maximum Gasteiger partial charge on any atom is 0.253 e. The van der Waals surface area contributed by atoms with Crippen molar-refractivity contribution in [2.24, 2.45) is 5.92 Å². The van der Waals surface area contributed by atoms with E-state index in [4.69, 9.17) is 0 Å². The second kappa shape index (κ2) is 12.3. The maximum absolute atomic E-state index is 13.8. The van der Waals surface area contributed by atoms with Crippen LogP contribution in [0.4, 0.5) is 5.69 Å². The number of nitrogens with zero attached hydrogens (tertiary/aromatic N) is 1. The van der Waals surface area contributed by atoms with E-state index in [0.29, 0.717) is 5.92 Å². The number of nitrogens with one attached hydrogen (secondary N) is 2. The molecular formula is C30H43N3O2. The van der Waals surface area contributed by atoms with E-state index in [0.717, 1.165) is 73.9 Å². The summed E-state index contributed by atoms with van der Waals surface area (Å²) in [5, 5.41) is 6.78. The highest BCUT2D eigenvalue weighted by molar-refractivity contribution is 6.07. The van der Waals surface area contributed by atoms with Gasteiger partial charge < -0.3 is 15.5 Å². The van der Waals surface area contributed by atoms with Gasteiger partial charge in [-0.2, -0.15) is 0 Å². The van der Waals surface area contributed by atoms with Gasteiger partial charge in [-0.1, -0.05) is 76.1 Å². The molecule has 1 saturated carbocycles. The van der Waals surface area contributed by atoms with E-state index in [9.17, 15) is 9.59 Å². The zero-order valence-corrected chi connectivity index (χ0v) is 22.2. The predicted molar refractivity (Wildman–Crippen MR) is 146 cm³/mol. The van der Waals surface area contributed by atoms with Crippen LogP contribution in [0.25, 0.3) is 5.57 Å². The van der Waals surface area contributed by atoms with Gasteiger partial charge >= 0.3 is 0 Å². The van der Waals surface area contributed by atoms with E-state index in [1.165, 1.54) is 0 Å². The van der Waals surface area contributed by atoms with Crippen molar-refractivity contribution in [3.05, 3.63) is 59.7 Å². The van der Waals surface area contributed by atoms with Gasteiger partial charge in [-0.25, -0.2) is 0 Å². The summed E-state index contributed by atoms with van der Waals surface area (Å²) in [5.41, 5.74) is 3.12. The number of para-hydroxylation sites is 1. The van der Waals surface area contributed by atoms with E-state index >= 15 is 0 Å². The van der Waals surface area contributed by atoms with Crippen LogP contribution in [0.15, 0.2) is 54.1 Å². The SMILES string of the molecule is CC/C=C\C=C/C1=C(C)C(NC(=O)C2(NCCCC(C)C)CCCC2)C(=O)N(C)c2ccccc21. The standard InChI is InChI=1S/C30H43N3O2/c1-6-7-8-9-16-24-23(4)27(28(34)33(5)26-18-11-10-17-25(24)26)32-29(35)30(19-12-13-20-30)31-21-14-15-22(2)3/h7-11,16-18,22,27,31H,6,12-15,19-21H2,1-5H3,(H,32,35)/b8-7-,16-9-. The van der Waals surface area contributed by atoms with Crippen LogP contribution >= 0.6 is 0 Å². The highest BCUT2D eigenvalue weighted by atomic mass is 16.2. The third-order valence-corrected chi connectivity index (χ3v) is 7.33. The Labute approximate surface area is 211 Å². The van der Waals surface area contributed by atoms with Gasteiger partial charge in [-0.3, -0.25) is 9.59 Å². The Morgan fingerprint density at radius 3 is 2.60 bits per heavy atom. The zero-order valence-electron chi connectivity index (χ0n) is 22.2. The Hall–Kier alpha value is -2.66. The first-order valence-corrected chi connectivity index (χ1v) is 13.3. The number of hydrogen-bond acceptors (Lipinski definition) is 3. The van der Waals surface area contributed by atoms with Crippen LogP contribution in [-0.2, 0) is 9.59 Å². The molecule has 2 amide bonds. The first-order valence-electron chi connectivity index (χ1n) is 13.3. The average Bonchev–Trinajstić information content (AvgIpc) is 3.32. The first kappa shape index (κ1) is 26.9. The summed E-state index contributed by atoms with van der Waals surface area (Å²) in [4.78, 5) is 29.1. The van der Waals surface area contributed by atoms with Crippen LogP contribution in [-0.4, -0.2) is 37.0 Å². The monoisotopic (exact) mass is 477 g/mol. The van der Waals surface area contributed by atoms with Crippen molar-refractivity contribution in [3.8, 4) is 0 Å². The lowest BCUT2D eigenvalue weighted by atomic mass is 9.92. The topological polar surface area (TPSA) is 61.4 Å². The van der Waals surface area contributed by atoms with Crippen LogP contribution in [0.1, 0.15) is 78.2 Å². The van der Waals surface area contributed by atoms with E-state index in [2.05, 4.69) is 43.6 Å². The van der Waals surface area contributed by atoms with Crippen LogP contribution in [0.2, 0.25) is 0 Å². The molecule has 35 heavy (non-hydrogen) atoms. The van der Waals surface area contributed by atoms with Crippen molar-refractivity contribution in [2.45, 2.75) is 84.2 Å². The van der Waals surface area contributed by atoms with E-state index in [-0.39, 0.29) is 11.8 Å². The fraction of sp³-hybridized carbons (Fsp3) is 0.533. The molecule has 3 rings (SSSR count). The molecule has 0 radical (unpaired) electrons. The number of allylic oxidation sites excluding steroid dienone is 5. The second-order valence-corrected chi connectivity index (χ2v) is 10.4. The Morgan fingerprint density at radius 1 is 1.20 bits per heavy atom. The molecule has 1 aromatic rings. The summed E-state index contributed by atoms with van der Waals surface area (Å²) < 4.78 is 0. The molecule has 1 unspecified atom stereocenters. The summed E-state index contributed by atoms with van der Waals surface area (Å²) in [7, 11) is 1.80. The molecule has 190 valence electrons. The summed E-state index contributed by atoms with van der Waals surface area (Å²) in [6.07, 6.45) is 15.0. The average molecular weight is 478 g/mol. The van der Waals surface area contributed by atoms with E-state index < -0.39 is 11.6 Å². The minimum Gasteiger partial charge on any atom is -0.339 e. The van der Waals surface area contributed by atoms with Gasteiger partial charge in [-0.05, 0) is 68.7 Å². The Morgan fingerprint density at radius 2 is 1.91 bits per heavy atom. The van der Waals surface area contributed by atoms with Crippen molar-refractivity contribution in [3.63, 3.8) is 0 Å². The van der Waals surface area contributed by atoms with Crippen LogP contribution in [0.5, 0.6) is 0 Å². The molecule has 1 atom stereocenters. The lowest BCUT2D eigenvalue weighted by Gasteiger charge is -2.32. The van der Waals surface area contributed by atoms with E-state index in [1.54, 1.807) is 11.9 Å². The van der Waals surface area contributed by atoms with Crippen molar-refractivity contribution >= 4 is 23.1 Å². The van der Waals surface area contributed by atoms with Gasteiger partial charge in [0.25, 0.3) is 5.91 Å². The Bertz CT molecular complexity index is 983. The molecule has 0 saturated heterocycles. The summed E-state index contributed by atoms with van der Waals surface area (Å²) >= 11 is 0.